The van der Waals surface area contributed by atoms with Gasteiger partial charge in [-0.05, 0) is 26.3 Å². The number of carbonyl (C=O) groups is 1. The van der Waals surface area contributed by atoms with E-state index >= 15 is 0 Å². The molecule has 0 radical (unpaired) electrons. The van der Waals surface area contributed by atoms with Gasteiger partial charge in [0.2, 0.25) is 0 Å². The highest BCUT2D eigenvalue weighted by Crippen LogP contribution is 2.33. The topological polar surface area (TPSA) is 110 Å². The molecule has 10 heteroatoms. The third kappa shape index (κ3) is 4.52. The first-order valence-electron chi connectivity index (χ1n) is 6.41. The van der Waals surface area contributed by atoms with Crippen molar-refractivity contribution in [2.75, 3.05) is 0 Å². The standard InChI is InChI=1S/C13H16F2N2O5S/c1-12(2,3)23(22)16-10(13(14,15)11(18)19)8-4-6-9(7-5-8)17(20)21/h4-7,10,16H,1-3H3,(H,18,19)/t10-,23+/m0/s1. The first-order chi connectivity index (χ1) is 10.4. The highest BCUT2D eigenvalue weighted by atomic mass is 32.2. The molecular weight excluding hydrogens is 334 g/mol. The number of halogens is 2. The Morgan fingerprint density at radius 1 is 1.30 bits per heavy atom. The van der Waals surface area contributed by atoms with Gasteiger partial charge in [-0.25, -0.2) is 13.7 Å². The molecular formula is C13H16F2N2O5S. The van der Waals surface area contributed by atoms with Crippen LogP contribution < -0.4 is 4.72 Å². The van der Waals surface area contributed by atoms with Crippen LogP contribution in [0.3, 0.4) is 0 Å². The smallest absolute Gasteiger partial charge is 0.376 e. The number of carboxylic acids is 1. The van der Waals surface area contributed by atoms with Gasteiger partial charge in [-0.3, -0.25) is 10.1 Å². The Balaban J connectivity index is 3.26. The predicted molar refractivity (Wildman–Crippen MR) is 79.5 cm³/mol. The van der Waals surface area contributed by atoms with Gasteiger partial charge in [-0.2, -0.15) is 8.78 Å². The van der Waals surface area contributed by atoms with E-state index in [0.29, 0.717) is 0 Å². The summed E-state index contributed by atoms with van der Waals surface area (Å²) in [5.41, 5.74) is -0.552. The highest BCUT2D eigenvalue weighted by Gasteiger charge is 2.49. The second-order valence-corrected chi connectivity index (χ2v) is 7.71. The minimum Gasteiger partial charge on any atom is -0.477 e. The van der Waals surface area contributed by atoms with Gasteiger partial charge < -0.3 is 5.11 Å². The summed E-state index contributed by atoms with van der Waals surface area (Å²) in [6, 6.07) is 1.86. The molecule has 0 unspecified atom stereocenters. The Labute approximate surface area is 133 Å². The molecule has 1 aromatic carbocycles. The number of alkyl halides is 2. The summed E-state index contributed by atoms with van der Waals surface area (Å²) in [6.45, 7) is 4.59. The Kier molecular flexibility index (Phi) is 5.54. The lowest BCUT2D eigenvalue weighted by molar-refractivity contribution is -0.384. The minimum absolute atomic E-state index is 0.222. The number of aliphatic carboxylic acids is 1. The number of hydrogen-bond acceptors (Lipinski definition) is 4. The molecule has 128 valence electrons. The third-order valence-corrected chi connectivity index (χ3v) is 4.43. The van der Waals surface area contributed by atoms with Crippen LogP contribution in [0.2, 0.25) is 0 Å². The fraction of sp³-hybridized carbons (Fsp3) is 0.462. The van der Waals surface area contributed by atoms with Gasteiger partial charge in [-0.1, -0.05) is 12.1 Å². The summed E-state index contributed by atoms with van der Waals surface area (Å²) >= 11 is 0. The number of hydrogen-bond donors (Lipinski definition) is 2. The van der Waals surface area contributed by atoms with Gasteiger partial charge in [0.15, 0.2) is 0 Å². The molecule has 0 bridgehead atoms. The molecule has 0 aromatic heterocycles. The number of nitrogens with zero attached hydrogens (tertiary/aromatic N) is 1. The van der Waals surface area contributed by atoms with Crippen molar-refractivity contribution in [3.63, 3.8) is 0 Å². The van der Waals surface area contributed by atoms with Crippen LogP contribution in [0.25, 0.3) is 0 Å². The summed E-state index contributed by atoms with van der Waals surface area (Å²) in [5.74, 6) is -6.64. The first-order valence-corrected chi connectivity index (χ1v) is 7.56. The molecule has 0 aliphatic carbocycles. The van der Waals surface area contributed by atoms with Crippen LogP contribution in [-0.4, -0.2) is 30.9 Å². The molecule has 23 heavy (non-hydrogen) atoms. The van der Waals surface area contributed by atoms with Crippen LogP contribution in [0.1, 0.15) is 32.4 Å². The van der Waals surface area contributed by atoms with Crippen LogP contribution in [0.15, 0.2) is 24.3 Å². The monoisotopic (exact) mass is 350 g/mol. The Morgan fingerprint density at radius 3 is 2.13 bits per heavy atom. The number of nitro benzene ring substituents is 1. The SMILES string of the molecule is CC(C)(C)[S@@](=O)N[C@@H](c1ccc([N+](=O)[O-])cc1)C(F)(F)C(=O)O. The molecule has 7 nitrogen and oxygen atoms in total. The summed E-state index contributed by atoms with van der Waals surface area (Å²) in [7, 11) is -1.97. The lowest BCUT2D eigenvalue weighted by atomic mass is 10.0. The Bertz CT molecular complexity index is 628. The molecule has 2 N–H and O–H groups in total. The number of carboxylic acid groups (broad SMARTS) is 1. The Morgan fingerprint density at radius 2 is 1.78 bits per heavy atom. The van der Waals surface area contributed by atoms with E-state index in [9.17, 15) is 27.9 Å². The molecule has 0 aliphatic heterocycles. The Hall–Kier alpha value is -1.94. The second-order valence-electron chi connectivity index (χ2n) is 5.71. The van der Waals surface area contributed by atoms with Gasteiger partial charge in [0, 0.05) is 12.1 Å². The van der Waals surface area contributed by atoms with Gasteiger partial charge >= 0.3 is 11.9 Å². The third-order valence-electron chi connectivity index (χ3n) is 2.87. The molecule has 0 fully saturated rings. The van der Waals surface area contributed by atoms with Crippen molar-refractivity contribution in [2.45, 2.75) is 37.5 Å². The number of non-ortho nitro benzene ring substituents is 1. The normalized spacial score (nSPS) is 15.0. The van der Waals surface area contributed by atoms with Crippen molar-refractivity contribution in [3.8, 4) is 0 Å². The van der Waals surface area contributed by atoms with Crippen LogP contribution in [0, 0.1) is 10.1 Å². The van der Waals surface area contributed by atoms with Gasteiger partial charge in [-0.15, -0.1) is 0 Å². The summed E-state index contributed by atoms with van der Waals surface area (Å²) in [6.07, 6.45) is 0. The maximum Gasteiger partial charge on any atom is 0.376 e. The zero-order valence-corrected chi connectivity index (χ0v) is 13.4. The molecule has 0 amide bonds. The summed E-state index contributed by atoms with van der Waals surface area (Å²) in [5, 5.41) is 19.3. The van der Waals surface area contributed by atoms with Crippen molar-refractivity contribution in [3.05, 3.63) is 39.9 Å². The van der Waals surface area contributed by atoms with E-state index in [4.69, 9.17) is 5.11 Å². The number of rotatable bonds is 6. The molecule has 0 saturated carbocycles. The van der Waals surface area contributed by atoms with Crippen molar-refractivity contribution in [1.29, 1.82) is 0 Å². The van der Waals surface area contributed by atoms with Crippen molar-refractivity contribution < 1.29 is 27.8 Å². The van der Waals surface area contributed by atoms with E-state index in [2.05, 4.69) is 4.72 Å². The van der Waals surface area contributed by atoms with Gasteiger partial charge in [0.05, 0.1) is 20.7 Å². The van der Waals surface area contributed by atoms with E-state index in [-0.39, 0.29) is 11.3 Å². The summed E-state index contributed by atoms with van der Waals surface area (Å²) in [4.78, 5) is 20.7. The largest absolute Gasteiger partial charge is 0.477 e. The lowest BCUT2D eigenvalue weighted by Crippen LogP contribution is -2.47. The fourth-order valence-electron chi connectivity index (χ4n) is 1.55. The first kappa shape index (κ1) is 19.1. The van der Waals surface area contributed by atoms with E-state index in [0.717, 1.165) is 24.3 Å². The zero-order chi connectivity index (χ0) is 18.0. The molecule has 1 aromatic rings. The average Bonchev–Trinajstić information content (AvgIpc) is 2.43. The molecule has 1 rings (SSSR count). The average molecular weight is 350 g/mol. The summed E-state index contributed by atoms with van der Waals surface area (Å²) < 4.78 is 41.2. The second kappa shape index (κ2) is 6.67. The maximum absolute atomic E-state index is 14.0. The molecule has 2 atom stereocenters. The van der Waals surface area contributed by atoms with Crippen LogP contribution >= 0.6 is 0 Å². The zero-order valence-electron chi connectivity index (χ0n) is 12.6. The van der Waals surface area contributed by atoms with Gasteiger partial charge in [0.25, 0.3) is 5.69 Å². The highest BCUT2D eigenvalue weighted by molar-refractivity contribution is 7.84. The quantitative estimate of drug-likeness (QED) is 0.605. The van der Waals surface area contributed by atoms with Gasteiger partial charge in [0.1, 0.15) is 6.04 Å². The van der Waals surface area contributed by atoms with Crippen LogP contribution in [0.4, 0.5) is 14.5 Å². The molecule has 0 saturated heterocycles. The van der Waals surface area contributed by atoms with E-state index in [1.54, 1.807) is 0 Å². The fourth-order valence-corrected chi connectivity index (χ4v) is 2.40. The van der Waals surface area contributed by atoms with Crippen molar-refractivity contribution in [1.82, 2.24) is 4.72 Å². The molecule has 0 heterocycles. The number of nitrogens with one attached hydrogen (secondary N) is 1. The van der Waals surface area contributed by atoms with E-state index in [1.165, 1.54) is 20.8 Å². The maximum atomic E-state index is 14.0. The minimum atomic E-state index is -4.25. The predicted octanol–water partition coefficient (Wildman–Crippen LogP) is 2.41. The van der Waals surface area contributed by atoms with E-state index < -0.39 is 38.6 Å². The number of benzene rings is 1. The molecule has 0 spiro atoms. The van der Waals surface area contributed by atoms with Crippen molar-refractivity contribution in [2.24, 2.45) is 0 Å². The van der Waals surface area contributed by atoms with Crippen LogP contribution in [0.5, 0.6) is 0 Å². The lowest BCUT2D eigenvalue weighted by Gasteiger charge is -2.28. The van der Waals surface area contributed by atoms with Crippen LogP contribution in [-0.2, 0) is 15.8 Å². The van der Waals surface area contributed by atoms with E-state index in [1.807, 2.05) is 0 Å². The van der Waals surface area contributed by atoms with Crippen molar-refractivity contribution >= 4 is 22.6 Å². The number of nitro groups is 1. The molecule has 0 aliphatic rings.